The van der Waals surface area contributed by atoms with E-state index in [-0.39, 0.29) is 6.04 Å². The van der Waals surface area contributed by atoms with Crippen molar-refractivity contribution in [3.63, 3.8) is 0 Å². The van der Waals surface area contributed by atoms with Crippen LogP contribution in [0.1, 0.15) is 25.3 Å². The van der Waals surface area contributed by atoms with Crippen molar-refractivity contribution in [1.82, 2.24) is 4.98 Å². The Kier molecular flexibility index (Phi) is 4.01. The SMILES string of the molecule is Cc1nc(SCC(N)C(C)C)oc1C. The summed E-state index contributed by atoms with van der Waals surface area (Å²) in [6.45, 7) is 8.12. The summed E-state index contributed by atoms with van der Waals surface area (Å²) in [7, 11) is 0. The molecule has 1 unspecified atom stereocenters. The molecule has 0 aliphatic carbocycles. The number of aryl methyl sites for hydroxylation is 2. The second-order valence-electron chi connectivity index (χ2n) is 3.84. The number of nitrogens with zero attached hydrogens (tertiary/aromatic N) is 1. The molecule has 0 aliphatic rings. The van der Waals surface area contributed by atoms with E-state index in [4.69, 9.17) is 10.2 Å². The highest BCUT2D eigenvalue weighted by atomic mass is 32.2. The van der Waals surface area contributed by atoms with Crippen LogP contribution in [-0.2, 0) is 0 Å². The van der Waals surface area contributed by atoms with Gasteiger partial charge in [0, 0.05) is 11.8 Å². The van der Waals surface area contributed by atoms with Crippen molar-refractivity contribution in [3.8, 4) is 0 Å². The van der Waals surface area contributed by atoms with E-state index in [9.17, 15) is 0 Å². The quantitative estimate of drug-likeness (QED) is 0.782. The number of aromatic nitrogens is 1. The maximum Gasteiger partial charge on any atom is 0.256 e. The van der Waals surface area contributed by atoms with Gasteiger partial charge in [0.1, 0.15) is 5.76 Å². The molecule has 1 aromatic rings. The molecule has 14 heavy (non-hydrogen) atoms. The molecular formula is C10H18N2OS. The van der Waals surface area contributed by atoms with Crippen LogP contribution in [0.25, 0.3) is 0 Å². The first-order valence-electron chi connectivity index (χ1n) is 4.83. The van der Waals surface area contributed by atoms with Crippen molar-refractivity contribution in [3.05, 3.63) is 11.5 Å². The minimum atomic E-state index is 0.201. The van der Waals surface area contributed by atoms with Gasteiger partial charge in [-0.2, -0.15) is 0 Å². The van der Waals surface area contributed by atoms with Gasteiger partial charge in [0.2, 0.25) is 0 Å². The van der Waals surface area contributed by atoms with E-state index in [2.05, 4.69) is 18.8 Å². The molecule has 0 radical (unpaired) electrons. The van der Waals surface area contributed by atoms with Crippen LogP contribution >= 0.6 is 11.8 Å². The van der Waals surface area contributed by atoms with E-state index in [1.165, 1.54) is 0 Å². The van der Waals surface area contributed by atoms with Crippen LogP contribution in [0, 0.1) is 19.8 Å². The first kappa shape index (κ1) is 11.6. The van der Waals surface area contributed by atoms with Crippen molar-refractivity contribution >= 4 is 11.8 Å². The van der Waals surface area contributed by atoms with Crippen molar-refractivity contribution in [2.24, 2.45) is 11.7 Å². The second-order valence-corrected chi connectivity index (χ2v) is 4.81. The fourth-order valence-corrected chi connectivity index (χ4v) is 1.97. The van der Waals surface area contributed by atoms with Crippen molar-refractivity contribution in [2.45, 2.75) is 39.0 Å². The summed E-state index contributed by atoms with van der Waals surface area (Å²) in [6, 6.07) is 0.201. The van der Waals surface area contributed by atoms with Crippen LogP contribution in [0.15, 0.2) is 9.64 Å². The fraction of sp³-hybridized carbons (Fsp3) is 0.700. The molecule has 0 aromatic carbocycles. The zero-order valence-corrected chi connectivity index (χ0v) is 10.0. The van der Waals surface area contributed by atoms with Gasteiger partial charge in [0.05, 0.1) is 5.69 Å². The zero-order valence-electron chi connectivity index (χ0n) is 9.20. The van der Waals surface area contributed by atoms with E-state index in [0.717, 1.165) is 22.4 Å². The maximum atomic E-state index is 5.92. The second kappa shape index (κ2) is 4.84. The number of thioether (sulfide) groups is 1. The lowest BCUT2D eigenvalue weighted by Gasteiger charge is -2.13. The molecule has 0 saturated heterocycles. The summed E-state index contributed by atoms with van der Waals surface area (Å²) in [5.74, 6) is 2.25. The lowest BCUT2D eigenvalue weighted by Crippen LogP contribution is -2.28. The number of hydrogen-bond acceptors (Lipinski definition) is 4. The van der Waals surface area contributed by atoms with Gasteiger partial charge in [-0.1, -0.05) is 25.6 Å². The largest absolute Gasteiger partial charge is 0.437 e. The number of hydrogen-bond donors (Lipinski definition) is 1. The average molecular weight is 214 g/mol. The number of rotatable bonds is 4. The fourth-order valence-electron chi connectivity index (χ4n) is 0.865. The molecule has 0 aliphatic heterocycles. The van der Waals surface area contributed by atoms with Gasteiger partial charge in [0.25, 0.3) is 5.22 Å². The summed E-state index contributed by atoms with van der Waals surface area (Å²) in [5, 5.41) is 0.733. The standard InChI is InChI=1S/C10H18N2OS/c1-6(2)9(11)5-14-10-12-7(3)8(4)13-10/h6,9H,5,11H2,1-4H3. The molecule has 4 heteroatoms. The summed E-state index contributed by atoms with van der Waals surface area (Å²) in [6.07, 6.45) is 0. The molecule has 1 aromatic heterocycles. The van der Waals surface area contributed by atoms with Gasteiger partial charge >= 0.3 is 0 Å². The highest BCUT2D eigenvalue weighted by molar-refractivity contribution is 7.99. The van der Waals surface area contributed by atoms with Gasteiger partial charge in [0.15, 0.2) is 0 Å². The van der Waals surface area contributed by atoms with Crippen LogP contribution in [0.2, 0.25) is 0 Å². The molecule has 3 nitrogen and oxygen atoms in total. The number of oxazole rings is 1. The predicted molar refractivity (Wildman–Crippen MR) is 59.5 cm³/mol. The average Bonchev–Trinajstić information content (AvgIpc) is 2.42. The first-order chi connectivity index (χ1) is 6.50. The molecule has 0 fully saturated rings. The molecule has 80 valence electrons. The topological polar surface area (TPSA) is 52.0 Å². The maximum absolute atomic E-state index is 5.92. The zero-order chi connectivity index (χ0) is 10.7. The molecular weight excluding hydrogens is 196 g/mol. The Morgan fingerprint density at radius 2 is 2.07 bits per heavy atom. The van der Waals surface area contributed by atoms with E-state index in [0.29, 0.717) is 5.92 Å². The third kappa shape index (κ3) is 3.03. The third-order valence-corrected chi connectivity index (χ3v) is 3.24. The lowest BCUT2D eigenvalue weighted by atomic mass is 10.1. The van der Waals surface area contributed by atoms with Crippen LogP contribution in [0.5, 0.6) is 0 Å². The predicted octanol–water partition coefficient (Wildman–Crippen LogP) is 2.37. The smallest absolute Gasteiger partial charge is 0.256 e. The molecule has 1 atom stereocenters. The van der Waals surface area contributed by atoms with E-state index < -0.39 is 0 Å². The Labute approximate surface area is 89.5 Å². The Hall–Kier alpha value is -0.480. The molecule has 1 heterocycles. The van der Waals surface area contributed by atoms with E-state index >= 15 is 0 Å². The van der Waals surface area contributed by atoms with Crippen LogP contribution in [-0.4, -0.2) is 16.8 Å². The van der Waals surface area contributed by atoms with E-state index in [1.807, 2.05) is 13.8 Å². The molecule has 1 rings (SSSR count). The minimum absolute atomic E-state index is 0.201. The van der Waals surface area contributed by atoms with Gasteiger partial charge in [-0.05, 0) is 19.8 Å². The molecule has 0 saturated carbocycles. The van der Waals surface area contributed by atoms with Crippen LogP contribution < -0.4 is 5.73 Å². The Balaban J connectivity index is 2.46. The van der Waals surface area contributed by atoms with Crippen LogP contribution in [0.3, 0.4) is 0 Å². The van der Waals surface area contributed by atoms with Crippen molar-refractivity contribution in [2.75, 3.05) is 5.75 Å². The number of nitrogens with two attached hydrogens (primary N) is 1. The summed E-state index contributed by atoms with van der Waals surface area (Å²) >= 11 is 1.59. The van der Waals surface area contributed by atoms with E-state index in [1.54, 1.807) is 11.8 Å². The van der Waals surface area contributed by atoms with Gasteiger partial charge < -0.3 is 10.2 Å². The minimum Gasteiger partial charge on any atom is -0.437 e. The first-order valence-corrected chi connectivity index (χ1v) is 5.81. The van der Waals surface area contributed by atoms with Crippen molar-refractivity contribution in [1.29, 1.82) is 0 Å². The monoisotopic (exact) mass is 214 g/mol. The van der Waals surface area contributed by atoms with Crippen LogP contribution in [0.4, 0.5) is 0 Å². The van der Waals surface area contributed by atoms with Gasteiger partial charge in [-0.15, -0.1) is 0 Å². The summed E-state index contributed by atoms with van der Waals surface area (Å²) in [5.41, 5.74) is 6.88. The van der Waals surface area contributed by atoms with Gasteiger partial charge in [-0.25, -0.2) is 4.98 Å². The Bertz CT molecular complexity index is 277. The van der Waals surface area contributed by atoms with Gasteiger partial charge in [-0.3, -0.25) is 0 Å². The summed E-state index contributed by atoms with van der Waals surface area (Å²) < 4.78 is 5.44. The molecule has 0 bridgehead atoms. The Morgan fingerprint density at radius 1 is 1.43 bits per heavy atom. The molecule has 2 N–H and O–H groups in total. The lowest BCUT2D eigenvalue weighted by molar-refractivity contribution is 0.430. The Morgan fingerprint density at radius 3 is 2.50 bits per heavy atom. The molecule has 0 spiro atoms. The normalized spacial score (nSPS) is 13.6. The molecule has 0 amide bonds. The summed E-state index contributed by atoms with van der Waals surface area (Å²) in [4.78, 5) is 4.28. The van der Waals surface area contributed by atoms with Crippen molar-refractivity contribution < 1.29 is 4.42 Å². The highest BCUT2D eigenvalue weighted by Gasteiger charge is 2.11. The third-order valence-electron chi connectivity index (χ3n) is 2.26. The highest BCUT2D eigenvalue weighted by Crippen LogP contribution is 2.21.